The smallest absolute Gasteiger partial charge is 0.339 e. The Hall–Kier alpha value is -4.85. The summed E-state index contributed by atoms with van der Waals surface area (Å²) in [6.45, 7) is 15.4. The second-order valence-corrected chi connectivity index (χ2v) is 20.9. The average molecular weight is 1090 g/mol. The SMILES string of the molecule is C#CCN1C(=O)COc2cc(F)c(/N=c3\snc4n3CC(C)(C)C4)cc21.CC1(C)OC(c2ccco2)CN1C(=O)C(Cl)Cl.CCOCN(C(=O)CCl)c1c(C)cccc1CC.O=C(O)CNCP(=O)(O)O. The molecule has 4 aromatic rings. The van der Waals surface area contributed by atoms with Crippen LogP contribution in [0.25, 0.3) is 0 Å². The summed E-state index contributed by atoms with van der Waals surface area (Å²) in [5, 5.41) is 10.1. The van der Waals surface area contributed by atoms with Crippen molar-refractivity contribution in [3.8, 4) is 18.1 Å². The van der Waals surface area contributed by atoms with Gasteiger partial charge in [0, 0.05) is 37.2 Å². The number of aryl methyl sites for hydroxylation is 2. The zero-order chi connectivity index (χ0) is 52.8. The van der Waals surface area contributed by atoms with E-state index in [1.807, 2.05) is 42.7 Å². The van der Waals surface area contributed by atoms with E-state index >= 15 is 0 Å². The first-order chi connectivity index (χ1) is 33.4. The summed E-state index contributed by atoms with van der Waals surface area (Å²) in [6.07, 6.45) is 7.78. The Morgan fingerprint density at radius 1 is 1.17 bits per heavy atom. The summed E-state index contributed by atoms with van der Waals surface area (Å²) in [5.74, 6) is 1.94. The number of anilines is 2. The molecule has 0 bridgehead atoms. The monoisotopic (exact) mass is 1090 g/mol. The van der Waals surface area contributed by atoms with E-state index in [-0.39, 0.29) is 60.7 Å². The highest BCUT2D eigenvalue weighted by atomic mass is 35.5. The van der Waals surface area contributed by atoms with Crippen LogP contribution in [0.3, 0.4) is 0 Å². The minimum absolute atomic E-state index is 0.0371. The second kappa shape index (κ2) is 26.2. The molecule has 19 nitrogen and oxygen atoms in total. The number of carbonyl (C=O) groups is 4. The molecule has 4 N–H and O–H groups in total. The molecule has 0 saturated carbocycles. The zero-order valence-electron chi connectivity index (χ0n) is 40.2. The van der Waals surface area contributed by atoms with Gasteiger partial charge in [-0.1, -0.05) is 68.1 Å². The number of halogens is 4. The Morgan fingerprint density at radius 3 is 2.48 bits per heavy atom. The van der Waals surface area contributed by atoms with Crippen molar-refractivity contribution < 1.29 is 61.7 Å². The minimum Gasteiger partial charge on any atom is -0.481 e. The lowest BCUT2D eigenvalue weighted by Crippen LogP contribution is -2.45. The summed E-state index contributed by atoms with van der Waals surface area (Å²) >= 11 is 18.1. The highest BCUT2D eigenvalue weighted by Crippen LogP contribution is 2.39. The fourth-order valence-electron chi connectivity index (χ4n) is 7.39. The van der Waals surface area contributed by atoms with Gasteiger partial charge in [0.05, 0.1) is 43.6 Å². The molecule has 1 atom stereocenters. The number of terminal acetylenes is 1. The molecular weight excluding hydrogens is 1030 g/mol. The van der Waals surface area contributed by atoms with Gasteiger partial charge in [-0.05, 0) is 68.9 Å². The van der Waals surface area contributed by atoms with Gasteiger partial charge in [0.25, 0.3) is 11.8 Å². The highest BCUT2D eigenvalue weighted by Gasteiger charge is 2.45. The molecule has 3 amide bonds. The third-order valence-electron chi connectivity index (χ3n) is 10.6. The van der Waals surface area contributed by atoms with Crippen LogP contribution in [0.5, 0.6) is 5.75 Å². The first-order valence-corrected chi connectivity index (χ1v) is 25.9. The maximum Gasteiger partial charge on any atom is 0.339 e. The number of carboxylic acids is 1. The number of aliphatic carboxylic acids is 1. The molecule has 1 fully saturated rings. The van der Waals surface area contributed by atoms with Crippen molar-refractivity contribution in [2.24, 2.45) is 10.4 Å². The van der Waals surface area contributed by atoms with Crippen molar-refractivity contribution in [1.82, 2.24) is 19.2 Å². The fourth-order valence-corrected chi connectivity index (χ4v) is 8.93. The number of fused-ring (bicyclic) bond motifs is 2. The highest BCUT2D eigenvalue weighted by molar-refractivity contribution is 7.51. The van der Waals surface area contributed by atoms with Crippen molar-refractivity contribution in [1.29, 1.82) is 0 Å². The molecule has 7 rings (SSSR count). The molecule has 5 heterocycles. The molecule has 0 radical (unpaired) electrons. The molecule has 71 heavy (non-hydrogen) atoms. The lowest BCUT2D eigenvalue weighted by Gasteiger charge is -2.29. The number of para-hydroxylation sites is 1. The number of alkyl halides is 3. The summed E-state index contributed by atoms with van der Waals surface area (Å²) in [7, 11) is -4.10. The van der Waals surface area contributed by atoms with E-state index in [1.165, 1.54) is 33.5 Å². The molecule has 0 spiro atoms. The normalized spacial score (nSPS) is 16.5. The molecule has 3 aliphatic rings. The maximum absolute atomic E-state index is 14.5. The van der Waals surface area contributed by atoms with Gasteiger partial charge in [0.1, 0.15) is 47.5 Å². The third-order valence-corrected chi connectivity index (χ3v) is 12.6. The van der Waals surface area contributed by atoms with Gasteiger partial charge >= 0.3 is 13.6 Å². The molecule has 3 aliphatic heterocycles. The van der Waals surface area contributed by atoms with Crippen molar-refractivity contribution in [3.63, 3.8) is 0 Å². The number of nitrogens with one attached hydrogen (secondary N) is 1. The maximum atomic E-state index is 14.5. The van der Waals surface area contributed by atoms with E-state index in [1.54, 1.807) is 31.1 Å². The summed E-state index contributed by atoms with van der Waals surface area (Å²) < 4.78 is 52.8. The molecule has 388 valence electrons. The summed E-state index contributed by atoms with van der Waals surface area (Å²) in [4.78, 5) is 70.6. The van der Waals surface area contributed by atoms with Crippen LogP contribution in [0.15, 0.2) is 58.1 Å². The van der Waals surface area contributed by atoms with Gasteiger partial charge < -0.3 is 43.0 Å². The van der Waals surface area contributed by atoms with Gasteiger partial charge in [-0.2, -0.15) is 4.37 Å². The Morgan fingerprint density at radius 2 is 1.89 bits per heavy atom. The standard InChI is InChI=1S/C18H17FN4O2S.C14H20ClNO2.C11H13Cl2NO3.C3H8NO5P/c1-4-5-22-13-7-12(11(19)6-14(13)25-9-16(22)24)20-17-23-10-18(2,3)8-15(23)21-26-17;1-4-12-8-6-7-11(3)14(12)16(10-18-5-2)13(17)9-15;1-11(2)14(10(15)9(12)13)6-8(17-11)7-4-3-5-16-7;5-3(6)1-4-2-10(7,8)9/h1,6-7H,5,8-10H2,2-3H3;6-8H,4-5,9-10H2,1-3H3;3-5,8-9H,6H2,1-2H3;4H,1-2H2,(H,5,6)(H2,7,8,9)/b20-17-;;;. The number of amides is 3. The van der Waals surface area contributed by atoms with Crippen molar-refractivity contribution in [2.45, 2.75) is 84.5 Å². The van der Waals surface area contributed by atoms with Crippen LogP contribution >= 0.6 is 53.9 Å². The minimum atomic E-state index is -4.10. The van der Waals surface area contributed by atoms with Crippen LogP contribution in [0, 0.1) is 30.5 Å². The van der Waals surface area contributed by atoms with Gasteiger partial charge in [0.2, 0.25) is 10.7 Å². The van der Waals surface area contributed by atoms with Gasteiger partial charge in [-0.25, -0.2) is 9.38 Å². The molecule has 0 aliphatic carbocycles. The quantitative estimate of drug-likeness (QED) is 0.0435. The number of carboxylic acid groups (broad SMARTS) is 1. The molecule has 1 saturated heterocycles. The number of hydrogen-bond acceptors (Lipinski definition) is 13. The van der Waals surface area contributed by atoms with E-state index in [0.29, 0.717) is 35.2 Å². The van der Waals surface area contributed by atoms with Crippen LogP contribution in [-0.2, 0) is 52.6 Å². The number of ether oxygens (including phenoxy) is 3. The van der Waals surface area contributed by atoms with Crippen molar-refractivity contribution in [2.75, 3.05) is 61.5 Å². The average Bonchev–Trinajstić information content (AvgIpc) is 4.09. The van der Waals surface area contributed by atoms with Crippen LogP contribution < -0.4 is 24.7 Å². The lowest BCUT2D eigenvalue weighted by molar-refractivity contribution is -0.144. The van der Waals surface area contributed by atoms with Gasteiger partial charge in [-0.15, -0.1) is 18.0 Å². The van der Waals surface area contributed by atoms with E-state index < -0.39 is 42.8 Å². The number of hydrogen-bond donors (Lipinski definition) is 4. The number of rotatable bonds is 14. The van der Waals surface area contributed by atoms with E-state index in [2.05, 4.69) is 41.4 Å². The molecule has 2 aromatic heterocycles. The second-order valence-electron chi connectivity index (χ2n) is 17.1. The predicted molar refractivity (Wildman–Crippen MR) is 268 cm³/mol. The Kier molecular flexibility index (Phi) is 21.7. The van der Waals surface area contributed by atoms with Gasteiger partial charge in [0.15, 0.2) is 17.3 Å². The first kappa shape index (κ1) is 58.7. The molecule has 1 unspecified atom stereocenters. The Bertz CT molecular complexity index is 2650. The van der Waals surface area contributed by atoms with Crippen LogP contribution in [-0.4, -0.2) is 115 Å². The number of benzene rings is 2. The van der Waals surface area contributed by atoms with E-state index in [4.69, 9.17) is 74.7 Å². The van der Waals surface area contributed by atoms with Crippen molar-refractivity contribution >= 4 is 94.7 Å². The van der Waals surface area contributed by atoms with Gasteiger partial charge in [-0.3, -0.25) is 38.9 Å². The number of furan rings is 1. The Balaban J connectivity index is 0.000000217. The van der Waals surface area contributed by atoms with E-state index in [9.17, 15) is 28.1 Å². The van der Waals surface area contributed by atoms with Crippen LogP contribution in [0.1, 0.15) is 70.4 Å². The molecular formula is C46H58Cl3FN7O12PS. The Labute approximate surface area is 430 Å². The third kappa shape index (κ3) is 16.6. The summed E-state index contributed by atoms with van der Waals surface area (Å²) in [6, 6.07) is 12.4. The van der Waals surface area contributed by atoms with E-state index in [0.717, 1.165) is 42.0 Å². The largest absolute Gasteiger partial charge is 0.481 e. The van der Waals surface area contributed by atoms with Crippen LogP contribution in [0.2, 0.25) is 0 Å². The number of carbonyl (C=O) groups excluding carboxylic acids is 3. The fraction of sp³-hybridized carbons (Fsp3) is 0.478. The predicted octanol–water partition coefficient (Wildman–Crippen LogP) is 6.90. The van der Waals surface area contributed by atoms with Crippen LogP contribution in [0.4, 0.5) is 21.5 Å². The lowest BCUT2D eigenvalue weighted by atomic mass is 9.92. The van der Waals surface area contributed by atoms with Crippen molar-refractivity contribution in [3.05, 3.63) is 82.1 Å². The molecule has 2 aromatic carbocycles. The summed E-state index contributed by atoms with van der Waals surface area (Å²) in [5.41, 5.74) is 3.06. The number of nitrogens with zero attached hydrogens (tertiary/aromatic N) is 6. The topological polar surface area (TPSA) is 239 Å². The first-order valence-electron chi connectivity index (χ1n) is 22.0. The number of aromatic nitrogens is 2. The molecule has 25 heteroatoms. The zero-order valence-corrected chi connectivity index (χ0v) is 44.2.